The Morgan fingerprint density at radius 3 is 2.00 bits per heavy atom. The molecule has 0 fully saturated rings. The van der Waals surface area contributed by atoms with Crippen molar-refractivity contribution in [3.8, 4) is 0 Å². The molecule has 3 atom stereocenters. The summed E-state index contributed by atoms with van der Waals surface area (Å²) in [5.74, 6) is -5.84. The van der Waals surface area contributed by atoms with E-state index in [1.165, 1.54) is 6.92 Å². The van der Waals surface area contributed by atoms with Crippen molar-refractivity contribution in [3.63, 3.8) is 0 Å². The monoisotopic (exact) mass is 535 g/mol. The van der Waals surface area contributed by atoms with Crippen molar-refractivity contribution < 1.29 is 29.0 Å². The number of rotatable bonds is 15. The molecule has 0 aliphatic carbocycles. The maximum absolute atomic E-state index is 13.5. The van der Waals surface area contributed by atoms with Crippen LogP contribution in [0.25, 0.3) is 0 Å². The van der Waals surface area contributed by atoms with Crippen LogP contribution in [0.4, 0.5) is 0 Å². The van der Waals surface area contributed by atoms with Crippen molar-refractivity contribution in [3.05, 3.63) is 35.9 Å². The molecule has 1 aromatic carbocycles. The number of guanidine groups is 2. The Balaban J connectivity index is 3.48. The zero-order chi connectivity index (χ0) is 28.9. The molecule has 2 amide bonds. The maximum Gasteiger partial charge on any atom is 0.344 e. The smallest absolute Gasteiger partial charge is 0.344 e. The lowest BCUT2D eigenvalue weighted by Crippen LogP contribution is -2.68. The van der Waals surface area contributed by atoms with Gasteiger partial charge in [0.05, 0.1) is 12.1 Å². The average Bonchev–Trinajstić information content (AvgIpc) is 2.86. The van der Waals surface area contributed by atoms with Crippen LogP contribution in [0.3, 0.4) is 0 Å². The molecule has 1 rings (SSSR count). The van der Waals surface area contributed by atoms with Gasteiger partial charge in [0.25, 0.3) is 0 Å². The largest absolute Gasteiger partial charge is 0.479 e. The number of esters is 1. The number of imide groups is 1. The number of hydrogen-bond acceptors (Lipinski definition) is 9. The van der Waals surface area contributed by atoms with Gasteiger partial charge < -0.3 is 44.2 Å². The number of aliphatic carboxylic acids is 1. The summed E-state index contributed by atoms with van der Waals surface area (Å²) in [6.07, 6.45) is -0.479. The third kappa shape index (κ3) is 9.01. The summed E-state index contributed by atoms with van der Waals surface area (Å²) < 4.78 is 5.32. The fourth-order valence-corrected chi connectivity index (χ4v) is 3.48. The number of hydrogen-bond donors (Lipinski definition) is 7. The van der Waals surface area contributed by atoms with Gasteiger partial charge in [-0.2, -0.15) is 0 Å². The number of nitrogens with zero attached hydrogens (tertiary/aromatic N) is 3. The van der Waals surface area contributed by atoms with Crippen LogP contribution in [-0.4, -0.2) is 76.4 Å². The van der Waals surface area contributed by atoms with E-state index in [4.69, 9.17) is 39.1 Å². The Bertz CT molecular complexity index is 1020. The maximum atomic E-state index is 13.5. The van der Waals surface area contributed by atoms with Crippen molar-refractivity contribution in [2.75, 3.05) is 13.1 Å². The van der Waals surface area contributed by atoms with Crippen molar-refractivity contribution in [2.45, 2.75) is 56.8 Å². The molecule has 1 aromatic rings. The Morgan fingerprint density at radius 2 is 1.50 bits per heavy atom. The Morgan fingerprint density at radius 1 is 0.947 bits per heavy atom. The summed E-state index contributed by atoms with van der Waals surface area (Å²) in [6, 6.07) is 5.69. The molecule has 15 heteroatoms. The quantitative estimate of drug-likeness (QED) is 0.0410. The highest BCUT2D eigenvalue weighted by Gasteiger charge is 2.58. The van der Waals surface area contributed by atoms with E-state index in [0.29, 0.717) is 10.5 Å². The van der Waals surface area contributed by atoms with Gasteiger partial charge in [-0.25, -0.2) is 9.59 Å². The number of aliphatic imine (C=N–C) groups is 2. The fraction of sp³-hybridized carbons (Fsp3) is 0.478. The van der Waals surface area contributed by atoms with Crippen LogP contribution in [0.15, 0.2) is 40.3 Å². The molecule has 38 heavy (non-hydrogen) atoms. The molecule has 0 aromatic heterocycles. The standard InChI is InChI=1S/C23H37N9O6/c1-14(24)17(33)32(18(34)16(25)9-5-11-30-21(26)27)23(19(35)36,10-6-12-31-22(28)29)20(37)38-13-15-7-3-2-4-8-15/h2-4,7-8,14,16H,5-6,9-13,24-25H2,1H3,(H,35,36)(H4,26,27,30)(H4,28,29,31). The van der Waals surface area contributed by atoms with Crippen molar-refractivity contribution in [2.24, 2.45) is 44.4 Å². The molecule has 15 nitrogen and oxygen atoms in total. The minimum absolute atomic E-state index is 0.0267. The molecule has 0 saturated carbocycles. The summed E-state index contributed by atoms with van der Waals surface area (Å²) in [4.78, 5) is 60.8. The van der Waals surface area contributed by atoms with Gasteiger partial charge in [-0.15, -0.1) is 0 Å². The lowest BCUT2D eigenvalue weighted by molar-refractivity contribution is -0.183. The highest BCUT2D eigenvalue weighted by molar-refractivity contribution is 6.14. The Hall–Kier alpha value is -4.24. The van der Waals surface area contributed by atoms with Gasteiger partial charge in [0, 0.05) is 13.1 Å². The minimum atomic E-state index is -2.80. The highest BCUT2D eigenvalue weighted by atomic mass is 16.5. The van der Waals surface area contributed by atoms with Gasteiger partial charge in [-0.05, 0) is 38.2 Å². The molecule has 0 bridgehead atoms. The first kappa shape index (κ1) is 31.8. The van der Waals surface area contributed by atoms with E-state index in [9.17, 15) is 24.3 Å². The van der Waals surface area contributed by atoms with Crippen LogP contribution < -0.4 is 34.4 Å². The van der Waals surface area contributed by atoms with Gasteiger partial charge in [0.15, 0.2) is 11.9 Å². The van der Waals surface area contributed by atoms with E-state index in [-0.39, 0.29) is 50.9 Å². The first-order chi connectivity index (χ1) is 17.8. The zero-order valence-corrected chi connectivity index (χ0v) is 21.3. The van der Waals surface area contributed by atoms with Crippen LogP contribution >= 0.6 is 0 Å². The van der Waals surface area contributed by atoms with Crippen LogP contribution in [0, 0.1) is 0 Å². The van der Waals surface area contributed by atoms with Crippen LogP contribution in [0.5, 0.6) is 0 Å². The van der Waals surface area contributed by atoms with Gasteiger partial charge in [0.2, 0.25) is 17.4 Å². The van der Waals surface area contributed by atoms with Crippen LogP contribution in [0.2, 0.25) is 0 Å². The van der Waals surface area contributed by atoms with E-state index >= 15 is 0 Å². The van der Waals surface area contributed by atoms with Crippen molar-refractivity contribution in [1.82, 2.24) is 4.90 Å². The number of benzene rings is 1. The first-order valence-corrected chi connectivity index (χ1v) is 11.8. The summed E-state index contributed by atoms with van der Waals surface area (Å²) in [5.41, 5.74) is 30.8. The molecular formula is C23H37N9O6. The summed E-state index contributed by atoms with van der Waals surface area (Å²) in [7, 11) is 0. The lowest BCUT2D eigenvalue weighted by atomic mass is 9.89. The average molecular weight is 536 g/mol. The van der Waals surface area contributed by atoms with Crippen LogP contribution in [-0.2, 0) is 30.5 Å². The van der Waals surface area contributed by atoms with Gasteiger partial charge >= 0.3 is 11.9 Å². The molecule has 0 spiro atoms. The number of carbonyl (C=O) groups is 4. The molecule has 0 radical (unpaired) electrons. The second kappa shape index (κ2) is 15.1. The van der Waals surface area contributed by atoms with E-state index in [0.717, 1.165) is 0 Å². The third-order valence-electron chi connectivity index (χ3n) is 5.39. The molecule has 3 unspecified atom stereocenters. The SMILES string of the molecule is CC(N)C(=O)N(C(=O)C(N)CCCN=C(N)N)C(CCCN=C(N)N)(C(=O)O)C(=O)OCc1ccccc1. The summed E-state index contributed by atoms with van der Waals surface area (Å²) >= 11 is 0. The molecular weight excluding hydrogens is 498 g/mol. The van der Waals surface area contributed by atoms with Gasteiger partial charge in [-0.1, -0.05) is 30.3 Å². The highest BCUT2D eigenvalue weighted by Crippen LogP contribution is 2.28. The number of ether oxygens (including phenoxy) is 1. The number of nitrogens with two attached hydrogens (primary N) is 6. The molecule has 0 heterocycles. The molecule has 210 valence electrons. The molecule has 13 N–H and O–H groups in total. The zero-order valence-electron chi connectivity index (χ0n) is 21.3. The summed E-state index contributed by atoms with van der Waals surface area (Å²) in [6.45, 7) is 0.963. The second-order valence-electron chi connectivity index (χ2n) is 8.49. The predicted molar refractivity (Wildman–Crippen MR) is 140 cm³/mol. The van der Waals surface area contributed by atoms with Crippen molar-refractivity contribution in [1.29, 1.82) is 0 Å². The van der Waals surface area contributed by atoms with E-state index in [1.807, 2.05) is 0 Å². The van der Waals surface area contributed by atoms with Crippen LogP contribution in [0.1, 0.15) is 38.2 Å². The minimum Gasteiger partial charge on any atom is -0.479 e. The van der Waals surface area contributed by atoms with Gasteiger partial charge in [-0.3, -0.25) is 24.5 Å². The van der Waals surface area contributed by atoms with Crippen molar-refractivity contribution >= 4 is 35.7 Å². The Labute approximate surface area is 220 Å². The topological polar surface area (TPSA) is 282 Å². The van der Waals surface area contributed by atoms with Gasteiger partial charge in [0.1, 0.15) is 6.61 Å². The third-order valence-corrected chi connectivity index (χ3v) is 5.39. The molecule has 0 saturated heterocycles. The predicted octanol–water partition coefficient (Wildman–Crippen LogP) is -2.31. The Kier molecular flexibility index (Phi) is 12.6. The van der Waals surface area contributed by atoms with E-state index in [1.54, 1.807) is 30.3 Å². The normalized spacial score (nSPS) is 13.8. The number of carbonyl (C=O) groups excluding carboxylic acids is 3. The number of carboxylic acids is 1. The number of amides is 2. The molecule has 0 aliphatic heterocycles. The molecule has 0 aliphatic rings. The summed E-state index contributed by atoms with van der Waals surface area (Å²) in [5, 5.41) is 10.3. The second-order valence-corrected chi connectivity index (χ2v) is 8.49. The fourth-order valence-electron chi connectivity index (χ4n) is 3.48. The van der Waals surface area contributed by atoms with E-state index < -0.39 is 47.8 Å². The number of carboxylic acid groups (broad SMARTS) is 1. The first-order valence-electron chi connectivity index (χ1n) is 11.8. The van der Waals surface area contributed by atoms with E-state index in [2.05, 4.69) is 9.98 Å². The lowest BCUT2D eigenvalue weighted by Gasteiger charge is -2.39.